The lowest BCUT2D eigenvalue weighted by molar-refractivity contribution is 0.363. The van der Waals surface area contributed by atoms with Gasteiger partial charge in [-0.05, 0) is 18.4 Å². The molecule has 110 valence electrons. The third-order valence-corrected chi connectivity index (χ3v) is 4.77. The smallest absolute Gasteiger partial charge is 0.216 e. The van der Waals surface area contributed by atoms with Gasteiger partial charge in [-0.3, -0.25) is 0 Å². The predicted molar refractivity (Wildman–Crippen MR) is 81.8 cm³/mol. The van der Waals surface area contributed by atoms with Crippen LogP contribution in [-0.4, -0.2) is 20.5 Å². The highest BCUT2D eigenvalue weighted by atomic mass is 35.5. The molecule has 0 amide bonds. The SMILES string of the molecule is CCC(CC)(CN)NS(=O)(=O)Cc1ccccc1.Cl. The zero-order valence-electron chi connectivity index (χ0n) is 11.4. The summed E-state index contributed by atoms with van der Waals surface area (Å²) >= 11 is 0. The molecule has 0 aliphatic rings. The van der Waals surface area contributed by atoms with E-state index in [4.69, 9.17) is 5.73 Å². The first-order valence-electron chi connectivity index (χ1n) is 6.22. The summed E-state index contributed by atoms with van der Waals surface area (Å²) in [5.41, 5.74) is 5.96. The van der Waals surface area contributed by atoms with Crippen LogP contribution in [0.3, 0.4) is 0 Å². The third-order valence-electron chi connectivity index (χ3n) is 3.32. The summed E-state index contributed by atoms with van der Waals surface area (Å²) in [5.74, 6) is -0.00438. The van der Waals surface area contributed by atoms with Gasteiger partial charge in [0.15, 0.2) is 0 Å². The van der Waals surface area contributed by atoms with Crippen LogP contribution in [-0.2, 0) is 15.8 Å². The highest BCUT2D eigenvalue weighted by molar-refractivity contribution is 7.88. The summed E-state index contributed by atoms with van der Waals surface area (Å²) in [6.45, 7) is 4.21. The molecular formula is C13H23ClN2O2S. The Morgan fingerprint density at radius 1 is 1.16 bits per heavy atom. The van der Waals surface area contributed by atoms with Crippen molar-refractivity contribution in [2.45, 2.75) is 38.0 Å². The second-order valence-electron chi connectivity index (χ2n) is 4.54. The summed E-state index contributed by atoms with van der Waals surface area (Å²) in [6, 6.07) is 9.15. The van der Waals surface area contributed by atoms with E-state index in [-0.39, 0.29) is 18.2 Å². The minimum absolute atomic E-state index is 0. The van der Waals surface area contributed by atoms with Gasteiger partial charge in [0.25, 0.3) is 0 Å². The number of nitrogens with two attached hydrogens (primary N) is 1. The summed E-state index contributed by atoms with van der Waals surface area (Å²) in [6.07, 6.45) is 1.38. The van der Waals surface area contributed by atoms with E-state index in [0.29, 0.717) is 19.4 Å². The lowest BCUT2D eigenvalue weighted by Crippen LogP contribution is -2.53. The topological polar surface area (TPSA) is 72.2 Å². The monoisotopic (exact) mass is 306 g/mol. The molecule has 4 nitrogen and oxygen atoms in total. The molecule has 0 radical (unpaired) electrons. The highest BCUT2D eigenvalue weighted by Crippen LogP contribution is 2.16. The standard InChI is InChI=1S/C13H22N2O2S.ClH/c1-3-13(4-2,11-14)15-18(16,17)10-12-8-6-5-7-9-12;/h5-9,15H,3-4,10-11,14H2,1-2H3;1H. The van der Waals surface area contributed by atoms with E-state index in [1.165, 1.54) is 0 Å². The van der Waals surface area contributed by atoms with Gasteiger partial charge >= 0.3 is 0 Å². The van der Waals surface area contributed by atoms with Crippen molar-refractivity contribution in [2.24, 2.45) is 5.73 Å². The van der Waals surface area contributed by atoms with Crippen LogP contribution in [0.25, 0.3) is 0 Å². The van der Waals surface area contributed by atoms with E-state index >= 15 is 0 Å². The Hall–Kier alpha value is -0.620. The van der Waals surface area contributed by atoms with Crippen molar-refractivity contribution in [2.75, 3.05) is 6.54 Å². The molecule has 0 atom stereocenters. The number of hydrogen-bond donors (Lipinski definition) is 2. The first-order chi connectivity index (χ1) is 8.47. The zero-order valence-corrected chi connectivity index (χ0v) is 13.1. The van der Waals surface area contributed by atoms with Crippen LogP contribution >= 0.6 is 12.4 Å². The van der Waals surface area contributed by atoms with Gasteiger partial charge in [0.2, 0.25) is 10.0 Å². The van der Waals surface area contributed by atoms with Crippen molar-refractivity contribution in [3.8, 4) is 0 Å². The zero-order chi connectivity index (χ0) is 13.6. The molecule has 0 aromatic heterocycles. The number of sulfonamides is 1. The van der Waals surface area contributed by atoms with Gasteiger partial charge in [0.05, 0.1) is 5.75 Å². The molecule has 0 spiro atoms. The molecule has 0 saturated heterocycles. The predicted octanol–water partition coefficient (Wildman–Crippen LogP) is 2.05. The van der Waals surface area contributed by atoms with Crippen LogP contribution in [0.1, 0.15) is 32.3 Å². The first kappa shape index (κ1) is 18.4. The Morgan fingerprint density at radius 2 is 1.68 bits per heavy atom. The maximum absolute atomic E-state index is 12.1. The molecular weight excluding hydrogens is 284 g/mol. The third kappa shape index (κ3) is 5.48. The fourth-order valence-electron chi connectivity index (χ4n) is 1.88. The molecule has 1 rings (SSSR count). The number of hydrogen-bond acceptors (Lipinski definition) is 3. The van der Waals surface area contributed by atoms with Crippen LogP contribution in [0.5, 0.6) is 0 Å². The van der Waals surface area contributed by atoms with E-state index in [1.54, 1.807) is 12.1 Å². The molecule has 0 saturated carbocycles. The normalized spacial score (nSPS) is 11.9. The Kier molecular flexibility index (Phi) is 7.59. The average molecular weight is 307 g/mol. The van der Waals surface area contributed by atoms with E-state index < -0.39 is 15.6 Å². The maximum Gasteiger partial charge on any atom is 0.216 e. The van der Waals surface area contributed by atoms with Crippen molar-refractivity contribution in [3.05, 3.63) is 35.9 Å². The number of benzene rings is 1. The van der Waals surface area contributed by atoms with E-state index in [2.05, 4.69) is 4.72 Å². The Labute approximate surface area is 122 Å². The summed E-state index contributed by atoms with van der Waals surface area (Å²) in [7, 11) is -3.36. The number of nitrogens with one attached hydrogen (secondary N) is 1. The lowest BCUT2D eigenvalue weighted by atomic mass is 9.95. The molecule has 0 fully saturated rings. The molecule has 1 aromatic rings. The van der Waals surface area contributed by atoms with E-state index in [1.807, 2.05) is 32.0 Å². The molecule has 0 aliphatic heterocycles. The summed E-state index contributed by atoms with van der Waals surface area (Å²) in [4.78, 5) is 0. The summed E-state index contributed by atoms with van der Waals surface area (Å²) in [5, 5.41) is 0. The van der Waals surface area contributed by atoms with Gasteiger partial charge in [0.1, 0.15) is 0 Å². The second kappa shape index (κ2) is 7.85. The maximum atomic E-state index is 12.1. The molecule has 0 aliphatic carbocycles. The molecule has 0 heterocycles. The molecule has 3 N–H and O–H groups in total. The minimum atomic E-state index is -3.36. The van der Waals surface area contributed by atoms with Crippen LogP contribution in [0.4, 0.5) is 0 Å². The summed E-state index contributed by atoms with van der Waals surface area (Å²) < 4.78 is 27.0. The highest BCUT2D eigenvalue weighted by Gasteiger charge is 2.29. The first-order valence-corrected chi connectivity index (χ1v) is 7.88. The van der Waals surface area contributed by atoms with Crippen molar-refractivity contribution in [1.82, 2.24) is 4.72 Å². The Morgan fingerprint density at radius 3 is 2.11 bits per heavy atom. The molecule has 1 aromatic carbocycles. The van der Waals surface area contributed by atoms with Crippen molar-refractivity contribution >= 4 is 22.4 Å². The van der Waals surface area contributed by atoms with Gasteiger partial charge < -0.3 is 5.73 Å². The van der Waals surface area contributed by atoms with Gasteiger partial charge in [-0.1, -0.05) is 44.2 Å². The lowest BCUT2D eigenvalue weighted by Gasteiger charge is -2.31. The van der Waals surface area contributed by atoms with Gasteiger partial charge in [-0.2, -0.15) is 0 Å². The van der Waals surface area contributed by atoms with Crippen molar-refractivity contribution < 1.29 is 8.42 Å². The minimum Gasteiger partial charge on any atom is -0.329 e. The van der Waals surface area contributed by atoms with Crippen molar-refractivity contribution in [1.29, 1.82) is 0 Å². The van der Waals surface area contributed by atoms with Crippen LogP contribution in [0.15, 0.2) is 30.3 Å². The Balaban J connectivity index is 0.00000324. The average Bonchev–Trinajstić information content (AvgIpc) is 2.37. The molecule has 6 heteroatoms. The molecule has 19 heavy (non-hydrogen) atoms. The van der Waals surface area contributed by atoms with Gasteiger partial charge in [-0.15, -0.1) is 12.4 Å². The van der Waals surface area contributed by atoms with Gasteiger partial charge in [0, 0.05) is 12.1 Å². The number of rotatable bonds is 7. The van der Waals surface area contributed by atoms with Crippen LogP contribution in [0.2, 0.25) is 0 Å². The second-order valence-corrected chi connectivity index (χ2v) is 6.26. The fraction of sp³-hybridized carbons (Fsp3) is 0.538. The molecule has 0 bridgehead atoms. The fourth-order valence-corrected chi connectivity index (χ4v) is 3.62. The number of halogens is 1. The Bertz CT molecular complexity index is 451. The van der Waals surface area contributed by atoms with Crippen molar-refractivity contribution in [3.63, 3.8) is 0 Å². The largest absolute Gasteiger partial charge is 0.329 e. The van der Waals surface area contributed by atoms with Crippen LogP contribution < -0.4 is 10.5 Å². The van der Waals surface area contributed by atoms with E-state index in [0.717, 1.165) is 5.56 Å². The quantitative estimate of drug-likeness (QED) is 0.810. The van der Waals surface area contributed by atoms with E-state index in [9.17, 15) is 8.42 Å². The van der Waals surface area contributed by atoms with Gasteiger partial charge in [-0.25, -0.2) is 13.1 Å². The molecule has 0 unspecified atom stereocenters. The van der Waals surface area contributed by atoms with Crippen LogP contribution in [0, 0.1) is 0 Å².